The molecule has 0 radical (unpaired) electrons. The van der Waals surface area contributed by atoms with E-state index in [4.69, 9.17) is 4.74 Å². The first kappa shape index (κ1) is 17.3. The van der Waals surface area contributed by atoms with Crippen LogP contribution in [0.3, 0.4) is 0 Å². The van der Waals surface area contributed by atoms with E-state index in [0.717, 1.165) is 17.9 Å². The van der Waals surface area contributed by atoms with Gasteiger partial charge in [0, 0.05) is 6.07 Å². The third-order valence-corrected chi connectivity index (χ3v) is 4.62. The second kappa shape index (κ2) is 8.52. The summed E-state index contributed by atoms with van der Waals surface area (Å²) >= 11 is 0. The number of ether oxygens (including phenoxy) is 1. The van der Waals surface area contributed by atoms with Crippen molar-refractivity contribution >= 4 is 0 Å². The molecule has 0 bridgehead atoms. The summed E-state index contributed by atoms with van der Waals surface area (Å²) in [6.07, 6.45) is 4.38. The molecule has 1 aliphatic heterocycles. The zero-order valence-electron chi connectivity index (χ0n) is 14.3. The quantitative estimate of drug-likeness (QED) is 0.734. The average molecular weight is 307 g/mol. The predicted octanol–water partition coefficient (Wildman–Crippen LogP) is 4.53. The Bertz CT molecular complexity index is 453. The van der Waals surface area contributed by atoms with Gasteiger partial charge >= 0.3 is 0 Å². The Hall–Kier alpha value is -1.09. The Balaban J connectivity index is 1.71. The van der Waals surface area contributed by atoms with Gasteiger partial charge in [-0.15, -0.1) is 0 Å². The van der Waals surface area contributed by atoms with Crippen molar-refractivity contribution in [2.24, 2.45) is 11.8 Å². The maximum absolute atomic E-state index is 13.7. The van der Waals surface area contributed by atoms with E-state index in [0.29, 0.717) is 18.3 Å². The maximum Gasteiger partial charge on any atom is 0.130 e. The highest BCUT2D eigenvalue weighted by molar-refractivity contribution is 5.28. The van der Waals surface area contributed by atoms with Crippen molar-refractivity contribution < 1.29 is 9.13 Å². The monoisotopic (exact) mass is 307 g/mol. The summed E-state index contributed by atoms with van der Waals surface area (Å²) in [4.78, 5) is 2.56. The maximum atomic E-state index is 13.7. The normalized spacial score (nSPS) is 17.1. The molecule has 1 heterocycles. The Morgan fingerprint density at radius 2 is 2.00 bits per heavy atom. The van der Waals surface area contributed by atoms with Crippen molar-refractivity contribution in [1.29, 1.82) is 0 Å². The molecule has 0 unspecified atom stereocenters. The molecule has 0 N–H and O–H groups in total. The van der Waals surface area contributed by atoms with E-state index < -0.39 is 0 Å². The molecule has 1 aromatic rings. The Kier molecular flexibility index (Phi) is 6.69. The highest BCUT2D eigenvalue weighted by Crippen LogP contribution is 2.22. The molecule has 1 aromatic carbocycles. The Morgan fingerprint density at radius 1 is 1.27 bits per heavy atom. The number of aryl methyl sites for hydroxylation is 1. The van der Waals surface area contributed by atoms with Crippen molar-refractivity contribution in [2.75, 3.05) is 26.2 Å². The number of nitrogens with zero attached hydrogens (tertiary/aromatic N) is 1. The molecule has 0 aromatic heterocycles. The summed E-state index contributed by atoms with van der Waals surface area (Å²) in [7, 11) is 0. The topological polar surface area (TPSA) is 12.5 Å². The molecule has 1 saturated heterocycles. The lowest BCUT2D eigenvalue weighted by atomic mass is 9.97. The fourth-order valence-corrected chi connectivity index (χ4v) is 2.94. The van der Waals surface area contributed by atoms with Crippen LogP contribution in [0.2, 0.25) is 0 Å². The van der Waals surface area contributed by atoms with Crippen molar-refractivity contribution in [3.05, 3.63) is 29.6 Å². The molecule has 0 atom stereocenters. The molecule has 22 heavy (non-hydrogen) atoms. The summed E-state index contributed by atoms with van der Waals surface area (Å²) in [6, 6.07) is 5.25. The molecule has 2 nitrogen and oxygen atoms in total. The molecule has 1 fully saturated rings. The molecule has 124 valence electrons. The van der Waals surface area contributed by atoms with Crippen LogP contribution in [-0.4, -0.2) is 31.1 Å². The van der Waals surface area contributed by atoms with E-state index in [-0.39, 0.29) is 5.82 Å². The number of hydrogen-bond acceptors (Lipinski definition) is 2. The molecule has 1 aliphatic rings. The average Bonchev–Trinajstić information content (AvgIpc) is 2.52. The number of halogens is 1. The van der Waals surface area contributed by atoms with Crippen molar-refractivity contribution in [1.82, 2.24) is 4.90 Å². The SMILES string of the molecule is CCc1ccc(OCC2CCN(CCC(C)C)CC2)cc1F. The fraction of sp³-hybridized carbons (Fsp3) is 0.684. The van der Waals surface area contributed by atoms with Gasteiger partial charge in [0.1, 0.15) is 11.6 Å². The summed E-state index contributed by atoms with van der Waals surface area (Å²) in [5.74, 6) is 1.90. The zero-order valence-corrected chi connectivity index (χ0v) is 14.3. The molecule has 0 saturated carbocycles. The number of likely N-dealkylation sites (tertiary alicyclic amines) is 1. The van der Waals surface area contributed by atoms with Gasteiger partial charge in [-0.3, -0.25) is 0 Å². The van der Waals surface area contributed by atoms with Gasteiger partial charge < -0.3 is 9.64 Å². The second-order valence-corrected chi connectivity index (χ2v) is 6.89. The second-order valence-electron chi connectivity index (χ2n) is 6.89. The lowest BCUT2D eigenvalue weighted by Gasteiger charge is -2.32. The van der Waals surface area contributed by atoms with Crippen LogP contribution in [0.15, 0.2) is 18.2 Å². The molecule has 0 aliphatic carbocycles. The summed E-state index contributed by atoms with van der Waals surface area (Å²) in [5, 5.41) is 0. The molecular weight excluding hydrogens is 277 g/mol. The summed E-state index contributed by atoms with van der Waals surface area (Å²) < 4.78 is 19.5. The van der Waals surface area contributed by atoms with Crippen molar-refractivity contribution in [3.63, 3.8) is 0 Å². The Morgan fingerprint density at radius 3 is 2.59 bits per heavy atom. The first-order valence-corrected chi connectivity index (χ1v) is 8.72. The van der Waals surface area contributed by atoms with E-state index in [1.54, 1.807) is 0 Å². The van der Waals surface area contributed by atoms with Gasteiger partial charge in [0.15, 0.2) is 0 Å². The molecule has 2 rings (SSSR count). The van der Waals surface area contributed by atoms with E-state index in [1.165, 1.54) is 45.0 Å². The van der Waals surface area contributed by atoms with Gasteiger partial charge in [0.25, 0.3) is 0 Å². The largest absolute Gasteiger partial charge is 0.493 e. The minimum Gasteiger partial charge on any atom is -0.493 e. The van der Waals surface area contributed by atoms with Crippen LogP contribution < -0.4 is 4.74 Å². The number of benzene rings is 1. The van der Waals surface area contributed by atoms with E-state index in [1.807, 2.05) is 19.1 Å². The zero-order chi connectivity index (χ0) is 15.9. The summed E-state index contributed by atoms with van der Waals surface area (Å²) in [5.41, 5.74) is 0.755. The van der Waals surface area contributed by atoms with Crippen LogP contribution >= 0.6 is 0 Å². The molecule has 0 spiro atoms. The first-order valence-electron chi connectivity index (χ1n) is 8.72. The minimum absolute atomic E-state index is 0.150. The number of piperidine rings is 1. The first-order chi connectivity index (χ1) is 10.6. The van der Waals surface area contributed by atoms with Crippen molar-refractivity contribution in [2.45, 2.75) is 46.5 Å². The highest BCUT2D eigenvalue weighted by Gasteiger charge is 2.19. The van der Waals surface area contributed by atoms with Gasteiger partial charge in [-0.05, 0) is 68.8 Å². The van der Waals surface area contributed by atoms with Crippen LogP contribution in [0.25, 0.3) is 0 Å². The van der Waals surface area contributed by atoms with Crippen LogP contribution in [0, 0.1) is 17.7 Å². The van der Waals surface area contributed by atoms with E-state index in [9.17, 15) is 4.39 Å². The van der Waals surface area contributed by atoms with Gasteiger partial charge in [0.05, 0.1) is 6.61 Å². The summed E-state index contributed by atoms with van der Waals surface area (Å²) in [6.45, 7) is 10.8. The third kappa shape index (κ3) is 5.28. The lowest BCUT2D eigenvalue weighted by molar-refractivity contribution is 0.137. The van der Waals surface area contributed by atoms with Crippen LogP contribution in [0.1, 0.15) is 45.6 Å². The van der Waals surface area contributed by atoms with Gasteiger partial charge in [0.2, 0.25) is 0 Å². The third-order valence-electron chi connectivity index (χ3n) is 4.62. The molecule has 0 amide bonds. The predicted molar refractivity (Wildman–Crippen MR) is 89.9 cm³/mol. The molecular formula is C19H30FNO. The smallest absolute Gasteiger partial charge is 0.130 e. The minimum atomic E-state index is -0.150. The van der Waals surface area contributed by atoms with E-state index >= 15 is 0 Å². The lowest BCUT2D eigenvalue weighted by Crippen LogP contribution is -2.36. The number of rotatable bonds is 7. The standard InChI is InChI=1S/C19H30FNO/c1-4-17-5-6-18(13-19(17)20)22-14-16-8-11-21(12-9-16)10-7-15(2)3/h5-6,13,15-16H,4,7-12,14H2,1-3H3. The van der Waals surface area contributed by atoms with Crippen LogP contribution in [0.5, 0.6) is 5.75 Å². The Labute approximate surface area is 134 Å². The van der Waals surface area contributed by atoms with E-state index in [2.05, 4.69) is 18.7 Å². The fourth-order valence-electron chi connectivity index (χ4n) is 2.94. The van der Waals surface area contributed by atoms with Crippen molar-refractivity contribution in [3.8, 4) is 5.75 Å². The van der Waals surface area contributed by atoms with Gasteiger partial charge in [-0.1, -0.05) is 26.8 Å². The van der Waals surface area contributed by atoms with Crippen LogP contribution in [-0.2, 0) is 6.42 Å². The number of hydrogen-bond donors (Lipinski definition) is 0. The van der Waals surface area contributed by atoms with Gasteiger partial charge in [-0.2, -0.15) is 0 Å². The van der Waals surface area contributed by atoms with Crippen LogP contribution in [0.4, 0.5) is 4.39 Å². The molecule has 3 heteroatoms. The van der Waals surface area contributed by atoms with Gasteiger partial charge in [-0.25, -0.2) is 4.39 Å². The highest BCUT2D eigenvalue weighted by atomic mass is 19.1.